The van der Waals surface area contributed by atoms with E-state index >= 15 is 0 Å². The van der Waals surface area contributed by atoms with Crippen LogP contribution in [0.3, 0.4) is 0 Å². The van der Waals surface area contributed by atoms with Gasteiger partial charge in [0.1, 0.15) is 0 Å². The minimum Gasteiger partial charge on any atom is -0.0654 e. The highest BCUT2D eigenvalue weighted by molar-refractivity contribution is 5.02. The van der Waals surface area contributed by atoms with Crippen LogP contribution in [0.5, 0.6) is 0 Å². The molecule has 0 aliphatic heterocycles. The normalized spacial score (nSPS) is 44.6. The van der Waals surface area contributed by atoms with Crippen molar-refractivity contribution in [1.82, 2.24) is 0 Å². The zero-order valence-corrected chi connectivity index (χ0v) is 28.1. The molecular weight excluding hydrogens is 480 g/mol. The molecule has 11 unspecified atom stereocenters. The van der Waals surface area contributed by atoms with Gasteiger partial charge in [-0.25, -0.2) is 0 Å². The first kappa shape index (κ1) is 31.4. The molecule has 0 nitrogen and oxygen atoms in total. The predicted octanol–water partition coefficient (Wildman–Crippen LogP) is 12.7. The fourth-order valence-corrected chi connectivity index (χ4v) is 12.7. The van der Waals surface area contributed by atoms with Crippen molar-refractivity contribution < 1.29 is 0 Å². The van der Waals surface area contributed by atoms with E-state index in [1.54, 1.807) is 83.5 Å². The summed E-state index contributed by atoms with van der Waals surface area (Å²) in [6.07, 6.45) is 33.8. The Morgan fingerprint density at radius 2 is 1.35 bits per heavy atom. The van der Waals surface area contributed by atoms with Gasteiger partial charge in [-0.05, 0) is 128 Å². The van der Waals surface area contributed by atoms with Crippen LogP contribution in [0.15, 0.2) is 0 Å². The summed E-state index contributed by atoms with van der Waals surface area (Å²) in [5.41, 5.74) is 0. The summed E-state index contributed by atoms with van der Waals surface area (Å²) in [6, 6.07) is 0. The van der Waals surface area contributed by atoms with Gasteiger partial charge < -0.3 is 0 Å². The van der Waals surface area contributed by atoms with Crippen molar-refractivity contribution in [2.45, 2.75) is 176 Å². The second-order valence-corrected chi connectivity index (χ2v) is 16.8. The Kier molecular flexibility index (Phi) is 11.9. The van der Waals surface area contributed by atoms with E-state index in [0.29, 0.717) is 0 Å². The molecule has 5 aliphatic rings. The van der Waals surface area contributed by atoms with Crippen LogP contribution in [0.4, 0.5) is 0 Å². The summed E-state index contributed by atoms with van der Waals surface area (Å²) in [7, 11) is 0. The van der Waals surface area contributed by atoms with Crippen LogP contribution < -0.4 is 0 Å². The lowest BCUT2D eigenvalue weighted by Crippen LogP contribution is -2.51. The second kappa shape index (κ2) is 15.1. The molecule has 11 atom stereocenters. The Morgan fingerprint density at radius 1 is 0.600 bits per heavy atom. The van der Waals surface area contributed by atoms with Gasteiger partial charge in [-0.3, -0.25) is 0 Å². The van der Waals surface area contributed by atoms with E-state index in [-0.39, 0.29) is 0 Å². The minimum absolute atomic E-state index is 0.971. The largest absolute Gasteiger partial charge is 0.0654 e. The van der Waals surface area contributed by atoms with Crippen molar-refractivity contribution in [3.63, 3.8) is 0 Å². The van der Waals surface area contributed by atoms with Gasteiger partial charge in [-0.1, -0.05) is 125 Å². The molecule has 5 saturated carbocycles. The molecule has 0 bridgehead atoms. The van der Waals surface area contributed by atoms with Crippen LogP contribution in [0.2, 0.25) is 0 Å². The van der Waals surface area contributed by atoms with E-state index in [1.807, 2.05) is 0 Å². The lowest BCUT2D eigenvalue weighted by atomic mass is 9.47. The highest BCUT2D eigenvalue weighted by Crippen LogP contribution is 2.60. The fraction of sp³-hybridized carbons (Fsp3) is 1.00. The second-order valence-electron chi connectivity index (χ2n) is 16.8. The molecule has 0 N–H and O–H groups in total. The summed E-state index contributed by atoms with van der Waals surface area (Å²) in [4.78, 5) is 0. The van der Waals surface area contributed by atoms with E-state index in [9.17, 15) is 0 Å². The molecule has 0 spiro atoms. The maximum absolute atomic E-state index is 2.65. The van der Waals surface area contributed by atoms with Gasteiger partial charge in [0.05, 0.1) is 0 Å². The highest BCUT2D eigenvalue weighted by atomic mass is 14.6. The van der Waals surface area contributed by atoms with Crippen LogP contribution in [0.1, 0.15) is 176 Å². The summed E-state index contributed by atoms with van der Waals surface area (Å²) in [6.45, 7) is 12.8. The van der Waals surface area contributed by atoms with Gasteiger partial charge in [0.25, 0.3) is 0 Å². The number of rotatable bonds is 12. The van der Waals surface area contributed by atoms with Crippen molar-refractivity contribution in [2.75, 3.05) is 0 Å². The Morgan fingerprint density at radius 3 is 2.10 bits per heavy atom. The average Bonchev–Trinajstić information content (AvgIpc) is 3.45. The van der Waals surface area contributed by atoms with Gasteiger partial charge in [0, 0.05) is 0 Å². The van der Waals surface area contributed by atoms with Crippen LogP contribution in [0.25, 0.3) is 0 Å². The predicted molar refractivity (Wildman–Crippen MR) is 175 cm³/mol. The lowest BCUT2D eigenvalue weighted by molar-refractivity contribution is -0.0927. The number of fused-ring (bicyclic) bond motifs is 2. The van der Waals surface area contributed by atoms with Crippen molar-refractivity contribution >= 4 is 0 Å². The zero-order valence-electron chi connectivity index (χ0n) is 28.1. The van der Waals surface area contributed by atoms with E-state index in [2.05, 4.69) is 34.6 Å². The summed E-state index contributed by atoms with van der Waals surface area (Å²) in [5, 5.41) is 0. The molecule has 5 rings (SSSR count). The van der Waals surface area contributed by atoms with Crippen molar-refractivity contribution in [3.8, 4) is 0 Å². The van der Waals surface area contributed by atoms with E-state index in [1.165, 1.54) is 57.8 Å². The van der Waals surface area contributed by atoms with Gasteiger partial charge in [0.15, 0.2) is 0 Å². The SMILES string of the molecule is CCCCCC1CCC(C(C)CCCC2C(CC)C(CC)C(C3CCC4CCCC4C3)C3CC(C)CCC23)CC1. The molecule has 0 heteroatoms. The van der Waals surface area contributed by atoms with Crippen molar-refractivity contribution in [2.24, 2.45) is 76.9 Å². The van der Waals surface area contributed by atoms with Crippen LogP contribution in [-0.2, 0) is 0 Å². The Labute approximate surface area is 252 Å². The molecule has 0 heterocycles. The smallest absolute Gasteiger partial charge is 0.0323 e. The van der Waals surface area contributed by atoms with Crippen molar-refractivity contribution in [3.05, 3.63) is 0 Å². The van der Waals surface area contributed by atoms with Gasteiger partial charge >= 0.3 is 0 Å². The topological polar surface area (TPSA) is 0 Å². The quantitative estimate of drug-likeness (QED) is 0.211. The van der Waals surface area contributed by atoms with E-state index < -0.39 is 0 Å². The molecule has 5 aliphatic carbocycles. The Hall–Kier alpha value is 0. The molecule has 0 amide bonds. The van der Waals surface area contributed by atoms with E-state index in [4.69, 9.17) is 0 Å². The monoisotopic (exact) mass is 553 g/mol. The van der Waals surface area contributed by atoms with Crippen molar-refractivity contribution in [1.29, 1.82) is 0 Å². The van der Waals surface area contributed by atoms with Crippen LogP contribution in [0, 0.1) is 76.9 Å². The molecule has 0 aromatic heterocycles. The molecule has 0 saturated heterocycles. The maximum Gasteiger partial charge on any atom is -0.0323 e. The first-order chi connectivity index (χ1) is 19.5. The number of unbranched alkanes of at least 4 members (excludes halogenated alkanes) is 2. The Bertz CT molecular complexity index is 716. The fourth-order valence-electron chi connectivity index (χ4n) is 12.7. The third-order valence-corrected chi connectivity index (χ3v) is 14.8. The highest BCUT2D eigenvalue weighted by Gasteiger charge is 2.53. The first-order valence-corrected chi connectivity index (χ1v) is 19.5. The molecular formula is C40H72. The molecule has 232 valence electrons. The van der Waals surface area contributed by atoms with Crippen LogP contribution in [-0.4, -0.2) is 0 Å². The molecule has 0 aromatic carbocycles. The number of hydrogen-bond donors (Lipinski definition) is 0. The summed E-state index contributed by atoms with van der Waals surface area (Å²) < 4.78 is 0. The first-order valence-electron chi connectivity index (χ1n) is 19.5. The minimum atomic E-state index is 0.971. The maximum atomic E-state index is 2.65. The van der Waals surface area contributed by atoms with Gasteiger partial charge in [0.2, 0.25) is 0 Å². The molecule has 40 heavy (non-hydrogen) atoms. The van der Waals surface area contributed by atoms with Gasteiger partial charge in [-0.2, -0.15) is 0 Å². The summed E-state index contributed by atoms with van der Waals surface area (Å²) >= 11 is 0. The molecule has 0 radical (unpaired) electrons. The zero-order chi connectivity index (χ0) is 28.1. The number of hydrogen-bond acceptors (Lipinski definition) is 0. The third kappa shape index (κ3) is 7.20. The van der Waals surface area contributed by atoms with E-state index in [0.717, 1.165) is 76.9 Å². The summed E-state index contributed by atoms with van der Waals surface area (Å²) in [5.74, 6) is 13.7. The van der Waals surface area contributed by atoms with Gasteiger partial charge in [-0.15, -0.1) is 0 Å². The molecule has 5 fully saturated rings. The average molecular weight is 553 g/mol. The third-order valence-electron chi connectivity index (χ3n) is 14.8. The standard InChI is InChI=1S/C40H72/c1-6-9-10-14-30-19-21-31(22-20-30)29(5)13-11-17-37-35(7-2)36(8-3)40(39-26-28(4)18-25-38(37)39)34-24-23-32-15-12-16-33(32)27-34/h28-40H,6-27H2,1-5H3. The molecule has 0 aromatic rings. The Balaban J connectivity index is 1.19. The lowest BCUT2D eigenvalue weighted by Gasteiger charge is -2.58. The van der Waals surface area contributed by atoms with Crippen LogP contribution >= 0.6 is 0 Å².